The molecule has 0 bridgehead atoms. The fourth-order valence-corrected chi connectivity index (χ4v) is 3.04. The quantitative estimate of drug-likeness (QED) is 0.879. The summed E-state index contributed by atoms with van der Waals surface area (Å²) < 4.78 is 1.26. The average molecular weight is 325 g/mol. The number of benzene rings is 1. The van der Waals surface area contributed by atoms with Crippen molar-refractivity contribution < 1.29 is 0 Å². The van der Waals surface area contributed by atoms with Crippen molar-refractivity contribution in [1.29, 1.82) is 0 Å². The summed E-state index contributed by atoms with van der Waals surface area (Å²) in [6, 6.07) is 6.74. The Morgan fingerprint density at radius 1 is 1.29 bits per heavy atom. The van der Waals surface area contributed by atoms with E-state index in [9.17, 15) is 9.59 Å². The molecule has 1 aliphatic rings. The number of rotatable bonds is 3. The van der Waals surface area contributed by atoms with E-state index >= 15 is 0 Å². The van der Waals surface area contributed by atoms with E-state index in [0.29, 0.717) is 16.5 Å². The molecule has 1 aromatic heterocycles. The van der Waals surface area contributed by atoms with Crippen LogP contribution in [0.4, 0.5) is 0 Å². The first kappa shape index (κ1) is 14.4. The summed E-state index contributed by atoms with van der Waals surface area (Å²) in [4.78, 5) is 27.4. The van der Waals surface area contributed by atoms with Gasteiger partial charge < -0.3 is 0 Å². The largest absolute Gasteiger partial charge is 0.329 e. The smallest absolute Gasteiger partial charge is 0.297 e. The third-order valence-corrected chi connectivity index (χ3v) is 4.43. The Morgan fingerprint density at radius 2 is 2.00 bits per heavy atom. The van der Waals surface area contributed by atoms with E-state index in [1.54, 1.807) is 24.3 Å². The minimum absolute atomic E-state index is 0.0477. The molecule has 6 heteroatoms. The van der Waals surface area contributed by atoms with Crippen LogP contribution in [0.25, 0.3) is 11.1 Å². The van der Waals surface area contributed by atoms with Crippen molar-refractivity contribution in [1.82, 2.24) is 9.55 Å². The molecular formula is C15H14Cl2N2O2. The van der Waals surface area contributed by atoms with Gasteiger partial charge in [-0.2, -0.15) is 0 Å². The lowest BCUT2D eigenvalue weighted by molar-refractivity contribution is 0.452. The summed E-state index contributed by atoms with van der Waals surface area (Å²) >= 11 is 12.1. The Hall–Kier alpha value is -1.52. The zero-order chi connectivity index (χ0) is 15.1. The van der Waals surface area contributed by atoms with Crippen molar-refractivity contribution in [3.05, 3.63) is 55.3 Å². The van der Waals surface area contributed by atoms with Crippen molar-refractivity contribution in [3.8, 4) is 11.1 Å². The van der Waals surface area contributed by atoms with Crippen molar-refractivity contribution >= 4 is 23.2 Å². The zero-order valence-electron chi connectivity index (χ0n) is 11.4. The molecule has 1 unspecified atom stereocenters. The van der Waals surface area contributed by atoms with Crippen LogP contribution in [0, 0.1) is 5.92 Å². The fourth-order valence-electron chi connectivity index (χ4n) is 2.58. The first-order valence-corrected chi connectivity index (χ1v) is 7.55. The summed E-state index contributed by atoms with van der Waals surface area (Å²) in [6.07, 6.45) is 2.09. The van der Waals surface area contributed by atoms with Crippen LogP contribution in [-0.2, 0) is 0 Å². The van der Waals surface area contributed by atoms with Crippen molar-refractivity contribution in [2.75, 3.05) is 0 Å². The third-order valence-electron chi connectivity index (χ3n) is 3.91. The number of nitrogens with one attached hydrogen (secondary N) is 1. The van der Waals surface area contributed by atoms with E-state index in [2.05, 4.69) is 4.98 Å². The highest BCUT2D eigenvalue weighted by atomic mass is 35.5. The van der Waals surface area contributed by atoms with E-state index in [4.69, 9.17) is 23.2 Å². The molecule has 1 heterocycles. The minimum Gasteiger partial charge on any atom is -0.297 e. The predicted octanol–water partition coefficient (Wildman–Crippen LogP) is 3.48. The second-order valence-corrected chi connectivity index (χ2v) is 6.20. The van der Waals surface area contributed by atoms with Crippen molar-refractivity contribution in [3.63, 3.8) is 0 Å². The lowest BCUT2D eigenvalue weighted by atomic mass is 10.1. The van der Waals surface area contributed by atoms with Gasteiger partial charge in [0.25, 0.3) is 5.56 Å². The second-order valence-electron chi connectivity index (χ2n) is 5.38. The number of nitrogens with zero attached hydrogens (tertiary/aromatic N) is 1. The molecule has 3 rings (SSSR count). The molecule has 110 valence electrons. The molecule has 1 fully saturated rings. The van der Waals surface area contributed by atoms with Crippen LogP contribution in [0.2, 0.25) is 10.2 Å². The van der Waals surface area contributed by atoms with Gasteiger partial charge in [0.15, 0.2) is 0 Å². The van der Waals surface area contributed by atoms with Gasteiger partial charge in [0.2, 0.25) is 0 Å². The monoisotopic (exact) mass is 324 g/mol. The molecule has 1 aromatic carbocycles. The van der Waals surface area contributed by atoms with Gasteiger partial charge in [-0.25, -0.2) is 4.79 Å². The van der Waals surface area contributed by atoms with E-state index < -0.39 is 5.69 Å². The second kappa shape index (κ2) is 5.35. The molecule has 21 heavy (non-hydrogen) atoms. The normalized spacial score (nSPS) is 16.0. The predicted molar refractivity (Wildman–Crippen MR) is 84.2 cm³/mol. The lowest BCUT2D eigenvalue weighted by Crippen LogP contribution is -2.38. The van der Waals surface area contributed by atoms with Crippen LogP contribution in [0.1, 0.15) is 25.8 Å². The molecule has 4 nitrogen and oxygen atoms in total. The summed E-state index contributed by atoms with van der Waals surface area (Å²) in [5.74, 6) is 0.386. The van der Waals surface area contributed by atoms with Crippen molar-refractivity contribution in [2.45, 2.75) is 25.8 Å². The maximum atomic E-state index is 12.7. The number of halogens is 2. The molecule has 0 radical (unpaired) electrons. The zero-order valence-corrected chi connectivity index (χ0v) is 12.9. The van der Waals surface area contributed by atoms with Crippen LogP contribution < -0.4 is 11.2 Å². The molecule has 1 atom stereocenters. The molecule has 1 aliphatic carbocycles. The molecule has 0 spiro atoms. The number of aromatic amines is 1. The summed E-state index contributed by atoms with van der Waals surface area (Å²) in [6.45, 7) is 1.89. The van der Waals surface area contributed by atoms with E-state index in [1.165, 1.54) is 4.57 Å². The van der Waals surface area contributed by atoms with E-state index in [0.717, 1.165) is 12.8 Å². The van der Waals surface area contributed by atoms with Crippen LogP contribution >= 0.6 is 23.2 Å². The van der Waals surface area contributed by atoms with Crippen molar-refractivity contribution in [2.24, 2.45) is 5.92 Å². The topological polar surface area (TPSA) is 54.9 Å². The third kappa shape index (κ3) is 2.65. The molecule has 1 N–H and O–H groups in total. The lowest BCUT2D eigenvalue weighted by Gasteiger charge is -2.15. The molecule has 0 aliphatic heterocycles. The SMILES string of the molecule is CC(C1CC1)n1c(=O)[nH]c(Cl)c(-c2cccc(Cl)c2)c1=O. The Labute approximate surface area is 131 Å². The minimum atomic E-state index is -0.463. The van der Waals surface area contributed by atoms with Gasteiger partial charge in [-0.15, -0.1) is 0 Å². The fraction of sp³-hybridized carbons (Fsp3) is 0.333. The molecular weight excluding hydrogens is 311 g/mol. The number of H-pyrrole nitrogens is 1. The van der Waals surface area contributed by atoms with Gasteiger partial charge in [0.05, 0.1) is 5.56 Å². The number of hydrogen-bond donors (Lipinski definition) is 1. The Bertz CT molecular complexity index is 806. The van der Waals surface area contributed by atoms with Gasteiger partial charge in [-0.3, -0.25) is 14.3 Å². The Morgan fingerprint density at radius 3 is 2.62 bits per heavy atom. The van der Waals surface area contributed by atoms with Gasteiger partial charge >= 0.3 is 5.69 Å². The first-order chi connectivity index (χ1) is 9.99. The average Bonchev–Trinajstić information content (AvgIpc) is 3.22. The van der Waals surface area contributed by atoms with Gasteiger partial charge in [0.1, 0.15) is 5.15 Å². The standard InChI is InChI=1S/C15H14Cl2N2O2/c1-8(9-5-6-9)19-14(20)12(13(17)18-15(19)21)10-3-2-4-11(16)7-10/h2-4,7-9H,5-6H2,1H3,(H,18,21). The number of hydrogen-bond acceptors (Lipinski definition) is 2. The Kier molecular flexibility index (Phi) is 3.68. The Balaban J connectivity index is 2.23. The number of aromatic nitrogens is 2. The van der Waals surface area contributed by atoms with Crippen LogP contribution in [0.15, 0.2) is 33.9 Å². The maximum absolute atomic E-state index is 12.7. The summed E-state index contributed by atoms with van der Waals surface area (Å²) in [5.41, 5.74) is 0.0531. The molecule has 2 aromatic rings. The van der Waals surface area contributed by atoms with Crippen LogP contribution in [-0.4, -0.2) is 9.55 Å². The van der Waals surface area contributed by atoms with Crippen LogP contribution in [0.5, 0.6) is 0 Å². The molecule has 0 saturated heterocycles. The van der Waals surface area contributed by atoms with E-state index in [1.807, 2.05) is 6.92 Å². The summed E-state index contributed by atoms with van der Waals surface area (Å²) in [7, 11) is 0. The van der Waals surface area contributed by atoms with Crippen LogP contribution in [0.3, 0.4) is 0 Å². The highest BCUT2D eigenvalue weighted by Crippen LogP contribution is 2.38. The van der Waals surface area contributed by atoms with Gasteiger partial charge in [0, 0.05) is 11.1 Å². The maximum Gasteiger partial charge on any atom is 0.329 e. The first-order valence-electron chi connectivity index (χ1n) is 6.79. The van der Waals surface area contributed by atoms with Gasteiger partial charge in [-0.05, 0) is 43.4 Å². The summed E-state index contributed by atoms with van der Waals surface area (Å²) in [5, 5.41) is 0.558. The van der Waals surface area contributed by atoms with E-state index in [-0.39, 0.29) is 22.3 Å². The molecule has 1 saturated carbocycles. The highest BCUT2D eigenvalue weighted by Gasteiger charge is 2.31. The van der Waals surface area contributed by atoms with Gasteiger partial charge in [-0.1, -0.05) is 35.3 Å². The highest BCUT2D eigenvalue weighted by molar-refractivity contribution is 6.32. The molecule has 0 amide bonds.